The number of likely N-dealkylation sites (N-methyl/N-ethyl adjacent to an activating group) is 1. The Morgan fingerprint density at radius 1 is 1.06 bits per heavy atom. The van der Waals surface area contributed by atoms with Gasteiger partial charge in [0.1, 0.15) is 0 Å². The highest BCUT2D eigenvalue weighted by molar-refractivity contribution is 5.77. The van der Waals surface area contributed by atoms with E-state index in [0.29, 0.717) is 6.54 Å². The maximum atomic E-state index is 11.3. The number of hydrogen-bond donors (Lipinski definition) is 2. The van der Waals surface area contributed by atoms with Crippen LogP contribution in [0.15, 0.2) is 0 Å². The molecular formula is C12H27N3O. The Labute approximate surface area is 99.8 Å². The maximum absolute atomic E-state index is 11.3. The molecule has 0 aliphatic heterocycles. The molecule has 96 valence electrons. The van der Waals surface area contributed by atoms with Crippen LogP contribution >= 0.6 is 0 Å². The van der Waals surface area contributed by atoms with Crippen LogP contribution in [0, 0.1) is 0 Å². The molecule has 0 fully saturated rings. The summed E-state index contributed by atoms with van der Waals surface area (Å²) in [4.78, 5) is 13.6. The summed E-state index contributed by atoms with van der Waals surface area (Å²) in [6.07, 6.45) is 2.18. The van der Waals surface area contributed by atoms with Gasteiger partial charge in [-0.05, 0) is 25.9 Å². The Morgan fingerprint density at radius 2 is 1.81 bits per heavy atom. The van der Waals surface area contributed by atoms with Crippen molar-refractivity contribution in [3.63, 3.8) is 0 Å². The van der Waals surface area contributed by atoms with E-state index >= 15 is 0 Å². The van der Waals surface area contributed by atoms with Crippen LogP contribution in [0.3, 0.4) is 0 Å². The molecule has 0 saturated heterocycles. The first-order chi connectivity index (χ1) is 7.74. The van der Waals surface area contributed by atoms with Crippen molar-refractivity contribution in [3.05, 3.63) is 0 Å². The van der Waals surface area contributed by atoms with Gasteiger partial charge in [-0.25, -0.2) is 0 Å². The predicted octanol–water partition coefficient (Wildman–Crippen LogP) is 0.834. The second kappa shape index (κ2) is 10.9. The number of carbonyl (C=O) groups is 1. The molecule has 0 aromatic carbocycles. The van der Waals surface area contributed by atoms with Gasteiger partial charge in [0.05, 0.1) is 6.54 Å². The summed E-state index contributed by atoms with van der Waals surface area (Å²) in [5, 5.41) is 6.01. The second-order valence-electron chi connectivity index (χ2n) is 3.96. The molecule has 4 heteroatoms. The number of hydrogen-bond acceptors (Lipinski definition) is 3. The normalized spacial score (nSPS) is 10.8. The van der Waals surface area contributed by atoms with E-state index in [-0.39, 0.29) is 5.91 Å². The van der Waals surface area contributed by atoms with Crippen LogP contribution in [-0.4, -0.2) is 50.1 Å². The van der Waals surface area contributed by atoms with Crippen LogP contribution in [0.4, 0.5) is 0 Å². The third kappa shape index (κ3) is 8.68. The molecule has 2 N–H and O–H groups in total. The highest BCUT2D eigenvalue weighted by Crippen LogP contribution is 1.88. The minimum absolute atomic E-state index is 0.0976. The van der Waals surface area contributed by atoms with Gasteiger partial charge in [0, 0.05) is 19.6 Å². The highest BCUT2D eigenvalue weighted by atomic mass is 16.1. The minimum atomic E-state index is 0.0976. The van der Waals surface area contributed by atoms with Crippen molar-refractivity contribution in [2.75, 3.05) is 39.3 Å². The Kier molecular flexibility index (Phi) is 10.5. The molecule has 0 aliphatic rings. The van der Waals surface area contributed by atoms with E-state index in [0.717, 1.165) is 39.1 Å². The summed E-state index contributed by atoms with van der Waals surface area (Å²) >= 11 is 0. The molecule has 4 nitrogen and oxygen atoms in total. The van der Waals surface area contributed by atoms with Crippen LogP contribution in [-0.2, 0) is 4.79 Å². The average Bonchev–Trinajstić information content (AvgIpc) is 2.30. The molecule has 1 amide bonds. The van der Waals surface area contributed by atoms with E-state index < -0.39 is 0 Å². The largest absolute Gasteiger partial charge is 0.355 e. The topological polar surface area (TPSA) is 44.4 Å². The molecule has 0 aromatic rings. The van der Waals surface area contributed by atoms with E-state index in [1.807, 2.05) is 0 Å². The molecular weight excluding hydrogens is 202 g/mol. The molecule has 0 saturated carbocycles. The van der Waals surface area contributed by atoms with Gasteiger partial charge in [0.2, 0.25) is 5.91 Å². The zero-order valence-electron chi connectivity index (χ0n) is 11.0. The number of rotatable bonds is 10. The fourth-order valence-corrected chi connectivity index (χ4v) is 1.51. The van der Waals surface area contributed by atoms with Crippen LogP contribution < -0.4 is 10.6 Å². The lowest BCUT2D eigenvalue weighted by molar-refractivity contribution is -0.120. The SMILES string of the molecule is CCCNC(=O)CNCCN(CC)CCC. The molecule has 0 atom stereocenters. The van der Waals surface area contributed by atoms with Crippen LogP contribution in [0.1, 0.15) is 33.6 Å². The third-order valence-corrected chi connectivity index (χ3v) is 2.45. The van der Waals surface area contributed by atoms with Gasteiger partial charge in [-0.15, -0.1) is 0 Å². The third-order valence-electron chi connectivity index (χ3n) is 2.45. The van der Waals surface area contributed by atoms with Crippen molar-refractivity contribution in [1.29, 1.82) is 0 Å². The molecule has 0 aliphatic carbocycles. The van der Waals surface area contributed by atoms with E-state index in [1.54, 1.807) is 0 Å². The summed E-state index contributed by atoms with van der Waals surface area (Å²) in [5.74, 6) is 0.0976. The lowest BCUT2D eigenvalue weighted by Crippen LogP contribution is -2.38. The van der Waals surface area contributed by atoms with Gasteiger partial charge in [-0.2, -0.15) is 0 Å². The lowest BCUT2D eigenvalue weighted by atomic mass is 10.4. The fourth-order valence-electron chi connectivity index (χ4n) is 1.51. The lowest BCUT2D eigenvalue weighted by Gasteiger charge is -2.19. The van der Waals surface area contributed by atoms with Crippen molar-refractivity contribution in [2.45, 2.75) is 33.6 Å². The van der Waals surface area contributed by atoms with E-state index in [1.165, 1.54) is 6.42 Å². The summed E-state index contributed by atoms with van der Waals surface area (Å²) in [6.45, 7) is 11.7. The van der Waals surface area contributed by atoms with Crippen LogP contribution in [0.25, 0.3) is 0 Å². The quantitative estimate of drug-likeness (QED) is 0.546. The van der Waals surface area contributed by atoms with Gasteiger partial charge in [0.15, 0.2) is 0 Å². The summed E-state index contributed by atoms with van der Waals surface area (Å²) in [5.41, 5.74) is 0. The second-order valence-corrected chi connectivity index (χ2v) is 3.96. The smallest absolute Gasteiger partial charge is 0.233 e. The molecule has 0 bridgehead atoms. The van der Waals surface area contributed by atoms with E-state index in [2.05, 4.69) is 36.3 Å². The molecule has 0 spiro atoms. The number of nitrogens with one attached hydrogen (secondary N) is 2. The number of carbonyl (C=O) groups excluding carboxylic acids is 1. The zero-order chi connectivity index (χ0) is 12.2. The Hall–Kier alpha value is -0.610. The van der Waals surface area contributed by atoms with E-state index in [4.69, 9.17) is 0 Å². The van der Waals surface area contributed by atoms with Crippen molar-refractivity contribution < 1.29 is 4.79 Å². The highest BCUT2D eigenvalue weighted by Gasteiger charge is 2.01. The molecule has 0 radical (unpaired) electrons. The average molecular weight is 229 g/mol. The molecule has 0 heterocycles. The molecule has 16 heavy (non-hydrogen) atoms. The predicted molar refractivity (Wildman–Crippen MR) is 68.6 cm³/mol. The van der Waals surface area contributed by atoms with Crippen molar-refractivity contribution in [2.24, 2.45) is 0 Å². The fraction of sp³-hybridized carbons (Fsp3) is 0.917. The Bertz CT molecular complexity index is 174. The van der Waals surface area contributed by atoms with Crippen molar-refractivity contribution >= 4 is 5.91 Å². The summed E-state index contributed by atoms with van der Waals surface area (Å²) in [7, 11) is 0. The number of nitrogens with zero attached hydrogens (tertiary/aromatic N) is 1. The van der Waals surface area contributed by atoms with Crippen LogP contribution in [0.2, 0.25) is 0 Å². The Morgan fingerprint density at radius 3 is 2.38 bits per heavy atom. The van der Waals surface area contributed by atoms with Crippen LogP contribution in [0.5, 0.6) is 0 Å². The van der Waals surface area contributed by atoms with Crippen molar-refractivity contribution in [3.8, 4) is 0 Å². The van der Waals surface area contributed by atoms with Crippen molar-refractivity contribution in [1.82, 2.24) is 15.5 Å². The molecule has 0 aromatic heterocycles. The minimum Gasteiger partial charge on any atom is -0.355 e. The van der Waals surface area contributed by atoms with Gasteiger partial charge >= 0.3 is 0 Å². The van der Waals surface area contributed by atoms with Gasteiger partial charge in [-0.1, -0.05) is 20.8 Å². The zero-order valence-corrected chi connectivity index (χ0v) is 11.0. The van der Waals surface area contributed by atoms with Gasteiger partial charge in [-0.3, -0.25) is 4.79 Å². The maximum Gasteiger partial charge on any atom is 0.233 e. The molecule has 0 rings (SSSR count). The first-order valence-corrected chi connectivity index (χ1v) is 6.44. The summed E-state index contributed by atoms with van der Waals surface area (Å²) < 4.78 is 0. The van der Waals surface area contributed by atoms with Gasteiger partial charge < -0.3 is 15.5 Å². The first kappa shape index (κ1) is 15.4. The van der Waals surface area contributed by atoms with Gasteiger partial charge in [0.25, 0.3) is 0 Å². The monoisotopic (exact) mass is 229 g/mol. The summed E-state index contributed by atoms with van der Waals surface area (Å²) in [6, 6.07) is 0. The standard InChI is InChI=1S/C12H27N3O/c1-4-7-14-12(16)11-13-8-10-15(6-3)9-5-2/h13H,4-11H2,1-3H3,(H,14,16). The molecule has 0 unspecified atom stereocenters. The first-order valence-electron chi connectivity index (χ1n) is 6.44. The number of amides is 1. The Balaban J connectivity index is 3.40. The van der Waals surface area contributed by atoms with E-state index in [9.17, 15) is 4.79 Å².